The highest BCUT2D eigenvalue weighted by Gasteiger charge is 2.22. The second-order valence-corrected chi connectivity index (χ2v) is 7.02. The molecule has 0 fully saturated rings. The van der Waals surface area contributed by atoms with Crippen LogP contribution in [0.3, 0.4) is 0 Å². The van der Waals surface area contributed by atoms with Crippen LogP contribution in [0.4, 0.5) is 0 Å². The standard InChI is InChI=1S/C15H14ClNO6S/c1-23-13-5-2-9-6-11(3-4-12(9)15(13)16)24(21,22)17-10(8-18)7-14(19)20/h2-6,8,10,17H,7H2,1H3,(H,19,20)/t10-/m0/s1. The number of carbonyl (C=O) groups is 2. The molecule has 128 valence electrons. The first-order chi connectivity index (χ1) is 11.3. The van der Waals surface area contributed by atoms with Crippen LogP contribution in [0.5, 0.6) is 5.75 Å². The van der Waals surface area contributed by atoms with Gasteiger partial charge in [0.15, 0.2) is 0 Å². The van der Waals surface area contributed by atoms with Crippen molar-refractivity contribution in [2.24, 2.45) is 0 Å². The van der Waals surface area contributed by atoms with Crippen molar-refractivity contribution in [2.45, 2.75) is 17.4 Å². The summed E-state index contributed by atoms with van der Waals surface area (Å²) in [6, 6.07) is 6.12. The van der Waals surface area contributed by atoms with Crippen LogP contribution in [0.25, 0.3) is 10.8 Å². The number of ether oxygens (including phenoxy) is 1. The number of aliphatic carboxylic acids is 1. The van der Waals surface area contributed by atoms with E-state index in [1.54, 1.807) is 12.1 Å². The van der Waals surface area contributed by atoms with Gasteiger partial charge in [-0.05, 0) is 23.6 Å². The second kappa shape index (κ2) is 7.16. The number of sulfonamides is 1. The van der Waals surface area contributed by atoms with Crippen LogP contribution in [-0.2, 0) is 19.6 Å². The zero-order valence-electron chi connectivity index (χ0n) is 12.5. The number of nitrogens with one attached hydrogen (secondary N) is 1. The average Bonchev–Trinajstić information content (AvgIpc) is 2.53. The van der Waals surface area contributed by atoms with Gasteiger partial charge in [-0.15, -0.1) is 0 Å². The van der Waals surface area contributed by atoms with E-state index in [2.05, 4.69) is 4.72 Å². The summed E-state index contributed by atoms with van der Waals surface area (Å²) in [5, 5.41) is 10.2. The van der Waals surface area contributed by atoms with E-state index in [1.165, 1.54) is 25.3 Å². The lowest BCUT2D eigenvalue weighted by molar-refractivity contribution is -0.138. The summed E-state index contributed by atoms with van der Waals surface area (Å²) in [5.41, 5.74) is 0. The van der Waals surface area contributed by atoms with Crippen molar-refractivity contribution in [1.82, 2.24) is 4.72 Å². The van der Waals surface area contributed by atoms with Gasteiger partial charge in [0.2, 0.25) is 10.0 Å². The Kier molecular flexibility index (Phi) is 5.43. The lowest BCUT2D eigenvalue weighted by Crippen LogP contribution is -2.37. The van der Waals surface area contributed by atoms with E-state index in [4.69, 9.17) is 21.4 Å². The van der Waals surface area contributed by atoms with Crippen LogP contribution in [0.15, 0.2) is 35.2 Å². The lowest BCUT2D eigenvalue weighted by Gasteiger charge is -2.12. The summed E-state index contributed by atoms with van der Waals surface area (Å²) in [7, 11) is -2.59. The van der Waals surface area contributed by atoms with Crippen LogP contribution in [0, 0.1) is 0 Å². The number of methoxy groups -OCH3 is 1. The van der Waals surface area contributed by atoms with Gasteiger partial charge in [-0.2, -0.15) is 0 Å². The molecule has 0 spiro atoms. The number of rotatable bonds is 7. The lowest BCUT2D eigenvalue weighted by atomic mass is 10.1. The smallest absolute Gasteiger partial charge is 0.305 e. The largest absolute Gasteiger partial charge is 0.495 e. The van der Waals surface area contributed by atoms with Crippen molar-refractivity contribution < 1.29 is 27.9 Å². The third-order valence-corrected chi connectivity index (χ3v) is 5.16. The van der Waals surface area contributed by atoms with Crippen molar-refractivity contribution >= 4 is 44.7 Å². The van der Waals surface area contributed by atoms with Crippen molar-refractivity contribution in [1.29, 1.82) is 0 Å². The van der Waals surface area contributed by atoms with Crippen molar-refractivity contribution in [3.05, 3.63) is 35.4 Å². The number of benzene rings is 2. The first kappa shape index (κ1) is 18.2. The Hall–Kier alpha value is -2.16. The molecule has 0 unspecified atom stereocenters. The van der Waals surface area contributed by atoms with Crippen LogP contribution in [-0.4, -0.2) is 38.9 Å². The van der Waals surface area contributed by atoms with Crippen LogP contribution < -0.4 is 9.46 Å². The number of halogens is 1. The number of carbonyl (C=O) groups excluding carboxylic acids is 1. The van der Waals surface area contributed by atoms with Crippen LogP contribution >= 0.6 is 11.6 Å². The fourth-order valence-electron chi connectivity index (χ4n) is 2.15. The highest BCUT2D eigenvalue weighted by atomic mass is 35.5. The molecule has 0 aliphatic carbocycles. The molecule has 0 aromatic heterocycles. The van der Waals surface area contributed by atoms with E-state index in [0.717, 1.165) is 0 Å². The Labute approximate surface area is 143 Å². The number of hydrogen-bond donors (Lipinski definition) is 2. The predicted octanol–water partition coefficient (Wildman–Crippen LogP) is 1.82. The van der Waals surface area contributed by atoms with E-state index in [-0.39, 0.29) is 11.2 Å². The first-order valence-electron chi connectivity index (χ1n) is 6.74. The third-order valence-electron chi connectivity index (χ3n) is 3.29. The van der Waals surface area contributed by atoms with E-state index < -0.39 is 28.5 Å². The molecule has 0 saturated carbocycles. The Balaban J connectivity index is 2.40. The normalized spacial score (nSPS) is 12.8. The maximum absolute atomic E-state index is 12.3. The molecule has 24 heavy (non-hydrogen) atoms. The van der Waals surface area contributed by atoms with E-state index in [9.17, 15) is 18.0 Å². The minimum atomic E-state index is -4.06. The number of carboxylic acids is 1. The maximum Gasteiger partial charge on any atom is 0.305 e. The van der Waals surface area contributed by atoms with Crippen LogP contribution in [0.1, 0.15) is 6.42 Å². The van der Waals surface area contributed by atoms with Gasteiger partial charge in [0.1, 0.15) is 12.0 Å². The summed E-state index contributed by atoms with van der Waals surface area (Å²) in [6.45, 7) is 0. The molecule has 1 atom stereocenters. The van der Waals surface area contributed by atoms with Gasteiger partial charge in [0.05, 0.1) is 29.5 Å². The maximum atomic E-state index is 12.3. The van der Waals surface area contributed by atoms with E-state index in [0.29, 0.717) is 21.5 Å². The molecule has 0 amide bonds. The molecule has 0 heterocycles. The fraction of sp³-hybridized carbons (Fsp3) is 0.200. The summed E-state index contributed by atoms with van der Waals surface area (Å²) < 4.78 is 31.8. The van der Waals surface area contributed by atoms with Gasteiger partial charge >= 0.3 is 5.97 Å². The Bertz CT molecular complexity index is 896. The molecule has 0 bridgehead atoms. The number of aldehydes is 1. The molecule has 2 aromatic carbocycles. The summed E-state index contributed by atoms with van der Waals surface area (Å²) in [6.07, 6.45) is -0.395. The predicted molar refractivity (Wildman–Crippen MR) is 87.9 cm³/mol. The van der Waals surface area contributed by atoms with E-state index in [1.807, 2.05) is 0 Å². The molecule has 0 radical (unpaired) electrons. The third kappa shape index (κ3) is 3.84. The molecule has 0 aliphatic rings. The number of carboxylic acid groups (broad SMARTS) is 1. The molecule has 0 saturated heterocycles. The summed E-state index contributed by atoms with van der Waals surface area (Å²) >= 11 is 6.17. The SMILES string of the molecule is COc1ccc2cc(S(=O)(=O)N[C@H](C=O)CC(=O)O)ccc2c1Cl. The molecule has 0 aliphatic heterocycles. The quantitative estimate of drug-likeness (QED) is 0.718. The van der Waals surface area contributed by atoms with Gasteiger partial charge in [-0.25, -0.2) is 13.1 Å². The first-order valence-corrected chi connectivity index (χ1v) is 8.60. The average molecular weight is 372 g/mol. The molecule has 2 rings (SSSR count). The minimum absolute atomic E-state index is 0.103. The van der Waals surface area contributed by atoms with Gasteiger partial charge in [-0.3, -0.25) is 4.79 Å². The Morgan fingerprint density at radius 2 is 2.08 bits per heavy atom. The fourth-order valence-corrected chi connectivity index (χ4v) is 3.66. The van der Waals surface area contributed by atoms with Gasteiger partial charge in [0, 0.05) is 5.39 Å². The zero-order chi connectivity index (χ0) is 17.9. The Morgan fingerprint density at radius 1 is 1.38 bits per heavy atom. The van der Waals surface area contributed by atoms with Crippen molar-refractivity contribution in [2.75, 3.05) is 7.11 Å². The monoisotopic (exact) mass is 371 g/mol. The molecule has 7 nitrogen and oxygen atoms in total. The Morgan fingerprint density at radius 3 is 2.67 bits per heavy atom. The number of fused-ring (bicyclic) bond motifs is 1. The van der Waals surface area contributed by atoms with Gasteiger partial charge < -0.3 is 14.6 Å². The topological polar surface area (TPSA) is 110 Å². The van der Waals surface area contributed by atoms with Crippen molar-refractivity contribution in [3.8, 4) is 5.75 Å². The molecular formula is C15H14ClNO6S. The summed E-state index contributed by atoms with van der Waals surface area (Å²) in [5.74, 6) is -0.826. The summed E-state index contributed by atoms with van der Waals surface area (Å²) in [4.78, 5) is 21.4. The molecule has 9 heteroatoms. The van der Waals surface area contributed by atoms with Crippen LogP contribution in [0.2, 0.25) is 5.02 Å². The van der Waals surface area contributed by atoms with Crippen molar-refractivity contribution in [3.63, 3.8) is 0 Å². The number of hydrogen-bond acceptors (Lipinski definition) is 5. The highest BCUT2D eigenvalue weighted by molar-refractivity contribution is 7.89. The molecule has 2 aromatic rings. The molecule has 2 N–H and O–H groups in total. The van der Waals surface area contributed by atoms with Gasteiger partial charge in [-0.1, -0.05) is 23.7 Å². The van der Waals surface area contributed by atoms with Gasteiger partial charge in [0.25, 0.3) is 0 Å². The zero-order valence-corrected chi connectivity index (χ0v) is 14.1. The molecular weight excluding hydrogens is 358 g/mol. The second-order valence-electron chi connectivity index (χ2n) is 4.93. The minimum Gasteiger partial charge on any atom is -0.495 e. The highest BCUT2D eigenvalue weighted by Crippen LogP contribution is 2.33. The van der Waals surface area contributed by atoms with E-state index >= 15 is 0 Å².